The van der Waals surface area contributed by atoms with Gasteiger partial charge in [-0.1, -0.05) is 12.1 Å². The summed E-state index contributed by atoms with van der Waals surface area (Å²) in [4.78, 5) is 5.83. The first-order chi connectivity index (χ1) is 12.5. The van der Waals surface area contributed by atoms with Gasteiger partial charge in [-0.15, -0.1) is 0 Å². The second kappa shape index (κ2) is 10.5. The van der Waals surface area contributed by atoms with Gasteiger partial charge in [0.2, 0.25) is 0 Å². The third-order valence-electron chi connectivity index (χ3n) is 4.61. The Morgan fingerprint density at radius 3 is 2.46 bits per heavy atom. The Bertz CT molecular complexity index is 674. The molecular formula is C19H28N2O4S. The second-order valence-electron chi connectivity index (χ2n) is 6.76. The van der Waals surface area contributed by atoms with Crippen LogP contribution < -0.4 is 4.74 Å². The minimum absolute atomic E-state index is 0.299. The fourth-order valence-electron chi connectivity index (χ4n) is 3.18. The van der Waals surface area contributed by atoms with Crippen LogP contribution in [0.1, 0.15) is 32.1 Å². The number of rotatable bonds is 10. The lowest BCUT2D eigenvalue weighted by molar-refractivity contribution is 0.162. The van der Waals surface area contributed by atoms with E-state index in [1.165, 1.54) is 0 Å². The van der Waals surface area contributed by atoms with Crippen molar-refractivity contribution in [2.75, 3.05) is 39.1 Å². The Labute approximate surface area is 157 Å². The smallest absolute Gasteiger partial charge is 0.264 e. The van der Waals surface area contributed by atoms with E-state index in [1.54, 1.807) is 12.1 Å². The van der Waals surface area contributed by atoms with E-state index in [0.29, 0.717) is 24.8 Å². The Hall–Kier alpha value is -1.62. The summed E-state index contributed by atoms with van der Waals surface area (Å²) in [5.74, 6) is 1.49. The highest BCUT2D eigenvalue weighted by Crippen LogP contribution is 2.22. The lowest BCUT2D eigenvalue weighted by Crippen LogP contribution is -2.35. The molecule has 0 radical (unpaired) electrons. The molecule has 1 aromatic carbocycles. The molecular weight excluding hydrogens is 352 g/mol. The van der Waals surface area contributed by atoms with E-state index in [-0.39, 0.29) is 0 Å². The van der Waals surface area contributed by atoms with Gasteiger partial charge in [-0.05, 0) is 63.2 Å². The van der Waals surface area contributed by atoms with Crippen molar-refractivity contribution in [1.29, 1.82) is 0 Å². The number of benzene rings is 1. The van der Waals surface area contributed by atoms with Crippen molar-refractivity contribution in [3.63, 3.8) is 0 Å². The van der Waals surface area contributed by atoms with Gasteiger partial charge >= 0.3 is 0 Å². The van der Waals surface area contributed by atoms with Gasteiger partial charge in [0.1, 0.15) is 5.75 Å². The molecule has 1 aliphatic heterocycles. The summed E-state index contributed by atoms with van der Waals surface area (Å²) in [6, 6.07) is 7.22. The first-order valence-electron chi connectivity index (χ1n) is 9.13. The van der Waals surface area contributed by atoms with Crippen molar-refractivity contribution < 1.29 is 17.3 Å². The molecule has 0 aliphatic carbocycles. The van der Waals surface area contributed by atoms with Crippen LogP contribution in [0.4, 0.5) is 5.69 Å². The first-order valence-corrected chi connectivity index (χ1v) is 10.9. The van der Waals surface area contributed by atoms with E-state index >= 15 is 0 Å². The van der Waals surface area contributed by atoms with Gasteiger partial charge in [0, 0.05) is 6.54 Å². The van der Waals surface area contributed by atoms with Crippen molar-refractivity contribution in [2.45, 2.75) is 32.1 Å². The summed E-state index contributed by atoms with van der Waals surface area (Å²) in [6.07, 6.45) is 6.25. The van der Waals surface area contributed by atoms with Gasteiger partial charge in [0.15, 0.2) is 5.69 Å². The minimum atomic E-state index is -3.31. The highest BCUT2D eigenvalue weighted by Gasteiger charge is 2.18. The average molecular weight is 381 g/mol. The maximum Gasteiger partial charge on any atom is 0.264 e. The molecule has 2 rings (SSSR count). The van der Waals surface area contributed by atoms with Crippen LogP contribution in [-0.4, -0.2) is 52.4 Å². The van der Waals surface area contributed by atoms with Crippen molar-refractivity contribution in [3.8, 4) is 5.75 Å². The highest BCUT2D eigenvalue weighted by molar-refractivity contribution is 7.85. The standard InChI is InChI=1S/C19H28N2O4S/c1-20-18-6-8-19(9-7-18)24-15-4-12-21-13-10-17(11-14-21)5-3-16-25-26(2,22)23/h6-9,17H,3-5,10-16H2,2H3. The number of ether oxygens (including phenoxy) is 1. The van der Waals surface area contributed by atoms with E-state index < -0.39 is 10.1 Å². The van der Waals surface area contributed by atoms with E-state index in [1.807, 2.05) is 12.1 Å². The number of piperidine rings is 1. The van der Waals surface area contributed by atoms with E-state index in [4.69, 9.17) is 15.5 Å². The molecule has 1 heterocycles. The predicted molar refractivity (Wildman–Crippen MR) is 102 cm³/mol. The molecule has 0 N–H and O–H groups in total. The number of likely N-dealkylation sites (tertiary alicyclic amines) is 1. The van der Waals surface area contributed by atoms with Crippen LogP contribution in [0.3, 0.4) is 0 Å². The Balaban J connectivity index is 1.52. The van der Waals surface area contributed by atoms with Crippen molar-refractivity contribution in [1.82, 2.24) is 4.90 Å². The van der Waals surface area contributed by atoms with Crippen LogP contribution >= 0.6 is 0 Å². The van der Waals surface area contributed by atoms with Crippen molar-refractivity contribution in [3.05, 3.63) is 35.7 Å². The predicted octanol–water partition coefficient (Wildman–Crippen LogP) is 3.47. The van der Waals surface area contributed by atoms with Gasteiger partial charge in [0.25, 0.3) is 10.1 Å². The Kier molecular flexibility index (Phi) is 8.36. The number of nitrogens with zero attached hydrogens (tertiary/aromatic N) is 2. The third-order valence-corrected chi connectivity index (χ3v) is 5.21. The summed E-state index contributed by atoms with van der Waals surface area (Å²) >= 11 is 0. The maximum atomic E-state index is 10.9. The summed E-state index contributed by atoms with van der Waals surface area (Å²) < 4.78 is 32.3. The molecule has 0 saturated carbocycles. The van der Waals surface area contributed by atoms with Gasteiger partial charge in [-0.2, -0.15) is 8.42 Å². The fourth-order valence-corrected chi connectivity index (χ4v) is 3.60. The number of hydrogen-bond acceptors (Lipinski definition) is 5. The van der Waals surface area contributed by atoms with Gasteiger partial charge < -0.3 is 9.64 Å². The molecule has 144 valence electrons. The Morgan fingerprint density at radius 2 is 1.85 bits per heavy atom. The molecule has 0 amide bonds. The van der Waals surface area contributed by atoms with Crippen LogP contribution in [0.25, 0.3) is 4.85 Å². The first kappa shape index (κ1) is 20.7. The van der Waals surface area contributed by atoms with Crippen LogP contribution in [0.2, 0.25) is 0 Å². The molecule has 0 atom stereocenters. The molecule has 0 spiro atoms. The van der Waals surface area contributed by atoms with Crippen LogP contribution in [-0.2, 0) is 14.3 Å². The number of hydrogen-bond donors (Lipinski definition) is 0. The largest absolute Gasteiger partial charge is 0.494 e. The van der Waals surface area contributed by atoms with Gasteiger partial charge in [-0.25, -0.2) is 4.85 Å². The zero-order valence-electron chi connectivity index (χ0n) is 15.4. The van der Waals surface area contributed by atoms with E-state index in [0.717, 1.165) is 63.7 Å². The molecule has 1 saturated heterocycles. The second-order valence-corrected chi connectivity index (χ2v) is 8.41. The fraction of sp³-hybridized carbons (Fsp3) is 0.632. The molecule has 1 fully saturated rings. The lowest BCUT2D eigenvalue weighted by atomic mass is 9.92. The topological polar surface area (TPSA) is 60.2 Å². The van der Waals surface area contributed by atoms with Crippen molar-refractivity contribution >= 4 is 15.8 Å². The molecule has 0 unspecified atom stereocenters. The molecule has 7 heteroatoms. The lowest BCUT2D eigenvalue weighted by Gasteiger charge is -2.31. The Morgan fingerprint density at radius 1 is 1.15 bits per heavy atom. The van der Waals surface area contributed by atoms with Crippen LogP contribution in [0.15, 0.2) is 24.3 Å². The average Bonchev–Trinajstić information content (AvgIpc) is 2.63. The normalized spacial score (nSPS) is 16.3. The molecule has 0 bridgehead atoms. The summed E-state index contributed by atoms with van der Waals surface area (Å²) in [7, 11) is -3.31. The zero-order valence-corrected chi connectivity index (χ0v) is 16.2. The molecule has 6 nitrogen and oxygen atoms in total. The van der Waals surface area contributed by atoms with E-state index in [2.05, 4.69) is 9.74 Å². The molecule has 1 aliphatic rings. The molecule has 26 heavy (non-hydrogen) atoms. The van der Waals surface area contributed by atoms with Gasteiger partial charge in [-0.3, -0.25) is 4.18 Å². The highest BCUT2D eigenvalue weighted by atomic mass is 32.2. The molecule has 1 aromatic rings. The van der Waals surface area contributed by atoms with Gasteiger partial charge in [0.05, 0.1) is 26.0 Å². The SMILES string of the molecule is [C-]#[N+]c1ccc(OCCCN2CCC(CCCOS(C)(=O)=O)CC2)cc1. The summed E-state index contributed by atoms with van der Waals surface area (Å²) in [5.41, 5.74) is 0.628. The van der Waals surface area contributed by atoms with E-state index in [9.17, 15) is 8.42 Å². The van der Waals surface area contributed by atoms with Crippen LogP contribution in [0.5, 0.6) is 5.75 Å². The maximum absolute atomic E-state index is 10.9. The summed E-state index contributed by atoms with van der Waals surface area (Å²) in [5, 5.41) is 0. The quantitative estimate of drug-likeness (QED) is 0.353. The van der Waals surface area contributed by atoms with Crippen molar-refractivity contribution in [2.24, 2.45) is 5.92 Å². The zero-order chi connectivity index (χ0) is 18.8. The summed E-state index contributed by atoms with van der Waals surface area (Å²) in [6.45, 7) is 11.1. The monoisotopic (exact) mass is 380 g/mol. The molecule has 0 aromatic heterocycles. The van der Waals surface area contributed by atoms with Crippen LogP contribution in [0, 0.1) is 12.5 Å². The third kappa shape index (κ3) is 8.17. The minimum Gasteiger partial charge on any atom is -0.494 e.